The van der Waals surface area contributed by atoms with Crippen LogP contribution < -0.4 is 29.7 Å². The van der Waals surface area contributed by atoms with Crippen molar-refractivity contribution in [1.82, 2.24) is 10.2 Å². The molecule has 1 aliphatic rings. The lowest BCUT2D eigenvalue weighted by atomic mass is 10.1. The molecule has 0 unspecified atom stereocenters. The molecule has 2 N–H and O–H groups in total. The normalized spacial score (nSPS) is 12.9. The Morgan fingerprint density at radius 1 is 0.737 bits per heavy atom. The molecular formula is C28H30N4O5S. The van der Waals surface area contributed by atoms with Crippen LogP contribution in [0.15, 0.2) is 66.7 Å². The van der Waals surface area contributed by atoms with Gasteiger partial charge in [0.25, 0.3) is 11.8 Å². The van der Waals surface area contributed by atoms with E-state index in [1.54, 1.807) is 49.6 Å². The third kappa shape index (κ3) is 6.51. The lowest BCUT2D eigenvalue weighted by Crippen LogP contribution is -2.48. The van der Waals surface area contributed by atoms with Gasteiger partial charge >= 0.3 is 0 Å². The molecule has 0 radical (unpaired) electrons. The van der Waals surface area contributed by atoms with Gasteiger partial charge in [-0.25, -0.2) is 0 Å². The zero-order valence-corrected chi connectivity index (χ0v) is 22.3. The molecule has 3 aromatic rings. The van der Waals surface area contributed by atoms with Crippen LogP contribution in [-0.2, 0) is 0 Å². The number of carbonyl (C=O) groups is 2. The zero-order valence-electron chi connectivity index (χ0n) is 21.5. The predicted molar refractivity (Wildman–Crippen MR) is 151 cm³/mol. The fourth-order valence-electron chi connectivity index (χ4n) is 4.12. The van der Waals surface area contributed by atoms with Crippen molar-refractivity contribution in [2.75, 3.05) is 57.7 Å². The summed E-state index contributed by atoms with van der Waals surface area (Å²) in [6.45, 7) is 2.73. The number of methoxy groups -OCH3 is 3. The van der Waals surface area contributed by atoms with Crippen LogP contribution in [0.4, 0.5) is 11.4 Å². The van der Waals surface area contributed by atoms with E-state index in [1.807, 2.05) is 29.2 Å². The van der Waals surface area contributed by atoms with E-state index in [2.05, 4.69) is 15.5 Å². The van der Waals surface area contributed by atoms with Crippen LogP contribution >= 0.6 is 12.2 Å². The maximum Gasteiger partial charge on any atom is 0.257 e. The van der Waals surface area contributed by atoms with E-state index in [0.717, 1.165) is 30.2 Å². The standard InChI is InChI=1S/C28H30N4O5S/c1-35-23-10-4-19(5-11-23)27(34)32-14-12-31(13-15-32)22-8-6-21(7-9-22)29-28(38)30-26(33)20-16-24(36-2)18-25(17-20)37-3/h4-11,16-18H,12-15H2,1-3H3,(H2,29,30,33,38). The average Bonchev–Trinajstić information content (AvgIpc) is 2.97. The quantitative estimate of drug-likeness (QED) is 0.443. The first kappa shape index (κ1) is 26.7. The Hall–Kier alpha value is -4.31. The van der Waals surface area contributed by atoms with E-state index < -0.39 is 0 Å². The molecule has 0 saturated carbocycles. The van der Waals surface area contributed by atoms with Crippen molar-refractivity contribution in [1.29, 1.82) is 0 Å². The Kier molecular flexibility index (Phi) is 8.65. The highest BCUT2D eigenvalue weighted by molar-refractivity contribution is 7.80. The number of nitrogens with one attached hydrogen (secondary N) is 2. The summed E-state index contributed by atoms with van der Waals surface area (Å²) in [4.78, 5) is 29.6. The third-order valence-electron chi connectivity index (χ3n) is 6.23. The minimum atomic E-state index is -0.377. The Bertz CT molecular complexity index is 1270. The third-order valence-corrected chi connectivity index (χ3v) is 6.44. The number of anilines is 2. The summed E-state index contributed by atoms with van der Waals surface area (Å²) in [5, 5.41) is 5.89. The van der Waals surface area contributed by atoms with Gasteiger partial charge in [0, 0.05) is 54.7 Å². The number of thiocarbonyl (C=S) groups is 1. The number of nitrogens with zero attached hydrogens (tertiary/aromatic N) is 2. The Morgan fingerprint density at radius 3 is 1.87 bits per heavy atom. The molecule has 0 aliphatic carbocycles. The van der Waals surface area contributed by atoms with Gasteiger partial charge in [0.15, 0.2) is 5.11 Å². The fourth-order valence-corrected chi connectivity index (χ4v) is 4.33. The lowest BCUT2D eigenvalue weighted by Gasteiger charge is -2.36. The molecule has 4 rings (SSSR count). The maximum absolute atomic E-state index is 12.8. The van der Waals surface area contributed by atoms with Crippen LogP contribution in [0.25, 0.3) is 0 Å². The molecule has 1 aliphatic heterocycles. The van der Waals surface area contributed by atoms with Gasteiger partial charge in [-0.1, -0.05) is 0 Å². The summed E-state index contributed by atoms with van der Waals surface area (Å²) in [5.41, 5.74) is 2.81. The highest BCUT2D eigenvalue weighted by Gasteiger charge is 2.22. The Labute approximate surface area is 227 Å². The van der Waals surface area contributed by atoms with Gasteiger partial charge in [-0.15, -0.1) is 0 Å². The van der Waals surface area contributed by atoms with Crippen LogP contribution in [-0.4, -0.2) is 69.3 Å². The van der Waals surface area contributed by atoms with Gasteiger partial charge < -0.3 is 29.3 Å². The van der Waals surface area contributed by atoms with Crippen molar-refractivity contribution in [3.8, 4) is 17.2 Å². The number of rotatable bonds is 7. The molecule has 3 aromatic carbocycles. The second-order valence-corrected chi connectivity index (χ2v) is 8.97. The first-order valence-corrected chi connectivity index (χ1v) is 12.4. The van der Waals surface area contributed by atoms with Gasteiger partial charge in [-0.3, -0.25) is 14.9 Å². The number of benzene rings is 3. The molecule has 1 heterocycles. The highest BCUT2D eigenvalue weighted by Crippen LogP contribution is 2.23. The number of amides is 2. The van der Waals surface area contributed by atoms with Crippen molar-refractivity contribution in [2.24, 2.45) is 0 Å². The summed E-state index contributed by atoms with van der Waals surface area (Å²) in [6, 6.07) is 19.9. The number of hydrogen-bond donors (Lipinski definition) is 2. The first-order chi connectivity index (χ1) is 18.4. The van der Waals surface area contributed by atoms with Gasteiger partial charge in [-0.05, 0) is 72.9 Å². The molecule has 10 heteroatoms. The Balaban J connectivity index is 1.29. The van der Waals surface area contributed by atoms with E-state index in [4.69, 9.17) is 26.4 Å². The molecule has 0 aromatic heterocycles. The van der Waals surface area contributed by atoms with Crippen molar-refractivity contribution >= 4 is 40.5 Å². The number of carbonyl (C=O) groups excluding carboxylic acids is 2. The number of ether oxygens (including phenoxy) is 3. The van der Waals surface area contributed by atoms with Crippen molar-refractivity contribution in [2.45, 2.75) is 0 Å². The van der Waals surface area contributed by atoms with Crippen LogP contribution in [0.3, 0.4) is 0 Å². The van der Waals surface area contributed by atoms with Crippen molar-refractivity contribution in [3.63, 3.8) is 0 Å². The van der Waals surface area contributed by atoms with Crippen molar-refractivity contribution in [3.05, 3.63) is 77.9 Å². The molecule has 0 spiro atoms. The SMILES string of the molecule is COc1ccc(C(=O)N2CCN(c3ccc(NC(=S)NC(=O)c4cc(OC)cc(OC)c4)cc3)CC2)cc1. The molecular weight excluding hydrogens is 504 g/mol. The second kappa shape index (κ2) is 12.3. The maximum atomic E-state index is 12.8. The molecule has 0 atom stereocenters. The van der Waals surface area contributed by atoms with Gasteiger partial charge in [0.2, 0.25) is 0 Å². The molecule has 38 heavy (non-hydrogen) atoms. The van der Waals surface area contributed by atoms with Crippen molar-refractivity contribution < 1.29 is 23.8 Å². The van der Waals surface area contributed by atoms with E-state index >= 15 is 0 Å². The zero-order chi connectivity index (χ0) is 27.1. The molecule has 1 fully saturated rings. The second-order valence-electron chi connectivity index (χ2n) is 8.56. The van der Waals surface area contributed by atoms with Gasteiger partial charge in [0.1, 0.15) is 17.2 Å². The average molecular weight is 535 g/mol. The first-order valence-electron chi connectivity index (χ1n) is 12.0. The summed E-state index contributed by atoms with van der Waals surface area (Å²) < 4.78 is 15.6. The summed E-state index contributed by atoms with van der Waals surface area (Å²) in [6.07, 6.45) is 0. The van der Waals surface area contributed by atoms with Crippen LogP contribution in [0.5, 0.6) is 17.2 Å². The monoisotopic (exact) mass is 534 g/mol. The highest BCUT2D eigenvalue weighted by atomic mass is 32.1. The minimum Gasteiger partial charge on any atom is -0.497 e. The number of hydrogen-bond acceptors (Lipinski definition) is 7. The van der Waals surface area contributed by atoms with Crippen LogP contribution in [0.2, 0.25) is 0 Å². The molecule has 9 nitrogen and oxygen atoms in total. The molecule has 2 amide bonds. The van der Waals surface area contributed by atoms with Crippen LogP contribution in [0.1, 0.15) is 20.7 Å². The van der Waals surface area contributed by atoms with E-state index in [9.17, 15) is 9.59 Å². The summed E-state index contributed by atoms with van der Waals surface area (Å²) in [7, 11) is 4.65. The Morgan fingerprint density at radius 2 is 1.32 bits per heavy atom. The van der Waals surface area contributed by atoms with E-state index in [0.29, 0.717) is 35.7 Å². The van der Waals surface area contributed by atoms with E-state index in [-0.39, 0.29) is 16.9 Å². The van der Waals surface area contributed by atoms with E-state index in [1.165, 1.54) is 14.2 Å². The fraction of sp³-hybridized carbons (Fsp3) is 0.250. The summed E-state index contributed by atoms with van der Waals surface area (Å²) in [5.74, 6) is 1.39. The van der Waals surface area contributed by atoms with Gasteiger partial charge in [-0.2, -0.15) is 0 Å². The predicted octanol–water partition coefficient (Wildman–Crippen LogP) is 3.80. The minimum absolute atomic E-state index is 0.0230. The van der Waals surface area contributed by atoms with Gasteiger partial charge in [0.05, 0.1) is 21.3 Å². The smallest absolute Gasteiger partial charge is 0.257 e. The topological polar surface area (TPSA) is 92.4 Å². The summed E-state index contributed by atoms with van der Waals surface area (Å²) >= 11 is 5.32. The molecule has 0 bridgehead atoms. The molecule has 198 valence electrons. The lowest BCUT2D eigenvalue weighted by molar-refractivity contribution is 0.0746. The largest absolute Gasteiger partial charge is 0.497 e. The molecule has 1 saturated heterocycles. The number of piperazine rings is 1. The van der Waals surface area contributed by atoms with Crippen LogP contribution in [0, 0.1) is 0 Å².